The van der Waals surface area contributed by atoms with Crippen LogP contribution in [0.5, 0.6) is 5.75 Å². The van der Waals surface area contributed by atoms with E-state index in [0.29, 0.717) is 16.9 Å². The van der Waals surface area contributed by atoms with Gasteiger partial charge in [-0.15, -0.1) is 0 Å². The summed E-state index contributed by atoms with van der Waals surface area (Å²) in [5, 5.41) is 6.06. The molecule has 3 rings (SSSR count). The molecule has 2 N–H and O–H groups in total. The number of halogens is 1. The Morgan fingerprint density at radius 2 is 2.00 bits per heavy atom. The van der Waals surface area contributed by atoms with E-state index in [9.17, 15) is 14.4 Å². The molecule has 150 valence electrons. The standard InChI is InChI=1S/C20H23ClN2O5/c1-11-5-3-4-6-15(11)22-20(26)23-18(24)10-27-17-9-16-13(8-14(17)21)12(2)7-19(25)28-16/h7-9,11,15H,3-6,10H2,1-2H3,(H2,22,23,24,26). The van der Waals surface area contributed by atoms with Gasteiger partial charge in [-0.2, -0.15) is 0 Å². The molecule has 8 heteroatoms. The maximum atomic E-state index is 12.0. The molecule has 28 heavy (non-hydrogen) atoms. The Labute approximate surface area is 167 Å². The van der Waals surface area contributed by atoms with E-state index in [-0.39, 0.29) is 16.8 Å². The third-order valence-corrected chi connectivity index (χ3v) is 5.34. The summed E-state index contributed by atoms with van der Waals surface area (Å²) in [6.07, 6.45) is 4.22. The first-order valence-corrected chi connectivity index (χ1v) is 9.68. The van der Waals surface area contributed by atoms with Gasteiger partial charge in [0.1, 0.15) is 11.3 Å². The normalized spacial score (nSPS) is 19.2. The van der Waals surface area contributed by atoms with Crippen molar-refractivity contribution in [2.75, 3.05) is 6.61 Å². The fraction of sp³-hybridized carbons (Fsp3) is 0.450. The molecule has 2 aromatic rings. The number of benzene rings is 1. The summed E-state index contributed by atoms with van der Waals surface area (Å²) in [6.45, 7) is 3.47. The van der Waals surface area contributed by atoms with Gasteiger partial charge in [-0.1, -0.05) is 31.4 Å². The molecule has 0 saturated heterocycles. The molecule has 2 unspecified atom stereocenters. The van der Waals surface area contributed by atoms with E-state index in [4.69, 9.17) is 20.8 Å². The lowest BCUT2D eigenvalue weighted by Crippen LogP contribution is -2.48. The number of ether oxygens (including phenoxy) is 1. The highest BCUT2D eigenvalue weighted by atomic mass is 35.5. The Kier molecular flexibility index (Phi) is 6.24. The second kappa shape index (κ2) is 8.65. The smallest absolute Gasteiger partial charge is 0.336 e. The Morgan fingerprint density at radius 1 is 1.25 bits per heavy atom. The number of fused-ring (bicyclic) bond motifs is 1. The molecule has 1 fully saturated rings. The first-order valence-electron chi connectivity index (χ1n) is 9.30. The molecule has 1 heterocycles. The predicted octanol–water partition coefficient (Wildman–Crippen LogP) is 3.54. The minimum atomic E-state index is -0.595. The number of aryl methyl sites for hydroxylation is 1. The van der Waals surface area contributed by atoms with Crippen molar-refractivity contribution in [1.82, 2.24) is 10.6 Å². The van der Waals surface area contributed by atoms with E-state index < -0.39 is 24.2 Å². The van der Waals surface area contributed by atoms with Crippen molar-refractivity contribution >= 4 is 34.5 Å². The molecule has 3 amide bonds. The molecule has 1 saturated carbocycles. The van der Waals surface area contributed by atoms with Crippen LogP contribution in [0.4, 0.5) is 4.79 Å². The SMILES string of the molecule is Cc1cc(=O)oc2cc(OCC(=O)NC(=O)NC3CCCCC3C)c(Cl)cc12. The van der Waals surface area contributed by atoms with Crippen LogP contribution in [0.3, 0.4) is 0 Å². The van der Waals surface area contributed by atoms with Gasteiger partial charge in [0.05, 0.1) is 5.02 Å². The van der Waals surface area contributed by atoms with Crippen LogP contribution in [-0.2, 0) is 4.79 Å². The van der Waals surface area contributed by atoms with Gasteiger partial charge in [0.2, 0.25) is 0 Å². The molecule has 0 radical (unpaired) electrons. The number of amides is 3. The summed E-state index contributed by atoms with van der Waals surface area (Å²) in [5.74, 6) is -0.0115. The van der Waals surface area contributed by atoms with Gasteiger partial charge in [0.25, 0.3) is 5.91 Å². The molecule has 1 aliphatic carbocycles. The molecule has 1 aromatic heterocycles. The van der Waals surface area contributed by atoms with Crippen LogP contribution in [0, 0.1) is 12.8 Å². The summed E-state index contributed by atoms with van der Waals surface area (Å²) in [5.41, 5.74) is 0.560. The highest BCUT2D eigenvalue weighted by Crippen LogP contribution is 2.31. The number of hydrogen-bond acceptors (Lipinski definition) is 5. The van der Waals surface area contributed by atoms with Crippen molar-refractivity contribution < 1.29 is 18.7 Å². The summed E-state index contributed by atoms with van der Waals surface area (Å²) < 4.78 is 10.6. The highest BCUT2D eigenvalue weighted by molar-refractivity contribution is 6.32. The molecule has 0 aliphatic heterocycles. The lowest BCUT2D eigenvalue weighted by molar-refractivity contribution is -0.122. The van der Waals surface area contributed by atoms with Crippen LogP contribution in [-0.4, -0.2) is 24.6 Å². The number of carbonyl (C=O) groups excluding carboxylic acids is 2. The maximum absolute atomic E-state index is 12.0. The Bertz CT molecular complexity index is 955. The second-order valence-corrected chi connectivity index (χ2v) is 7.61. The lowest BCUT2D eigenvalue weighted by Gasteiger charge is -2.29. The van der Waals surface area contributed by atoms with Gasteiger partial charge in [-0.3, -0.25) is 10.1 Å². The lowest BCUT2D eigenvalue weighted by atomic mass is 9.86. The van der Waals surface area contributed by atoms with Gasteiger partial charge in [-0.05, 0) is 37.3 Å². The van der Waals surface area contributed by atoms with E-state index in [1.165, 1.54) is 18.6 Å². The Morgan fingerprint density at radius 3 is 2.75 bits per heavy atom. The Balaban J connectivity index is 1.59. The van der Waals surface area contributed by atoms with Crippen LogP contribution < -0.4 is 21.0 Å². The van der Waals surface area contributed by atoms with Crippen LogP contribution >= 0.6 is 11.6 Å². The van der Waals surface area contributed by atoms with Gasteiger partial charge < -0.3 is 14.5 Å². The van der Waals surface area contributed by atoms with Crippen LogP contribution in [0.25, 0.3) is 11.0 Å². The third kappa shape index (κ3) is 4.84. The van der Waals surface area contributed by atoms with Crippen LogP contribution in [0.15, 0.2) is 27.4 Å². The number of nitrogens with one attached hydrogen (secondary N) is 2. The first kappa shape index (κ1) is 20.2. The first-order chi connectivity index (χ1) is 13.3. The average molecular weight is 407 g/mol. The van der Waals surface area contributed by atoms with E-state index in [2.05, 4.69) is 17.6 Å². The van der Waals surface area contributed by atoms with Gasteiger partial charge in [0, 0.05) is 23.6 Å². The van der Waals surface area contributed by atoms with E-state index >= 15 is 0 Å². The van der Waals surface area contributed by atoms with Crippen molar-refractivity contribution in [1.29, 1.82) is 0 Å². The predicted molar refractivity (Wildman–Crippen MR) is 106 cm³/mol. The Hall–Kier alpha value is -2.54. The summed E-state index contributed by atoms with van der Waals surface area (Å²) in [4.78, 5) is 35.6. The topological polar surface area (TPSA) is 97.6 Å². The third-order valence-electron chi connectivity index (χ3n) is 5.04. The molecule has 1 aromatic carbocycles. The molecule has 0 bridgehead atoms. The quantitative estimate of drug-likeness (QED) is 0.757. The average Bonchev–Trinajstić information content (AvgIpc) is 2.62. The van der Waals surface area contributed by atoms with Crippen molar-refractivity contribution in [2.45, 2.75) is 45.6 Å². The monoisotopic (exact) mass is 406 g/mol. The number of hydrogen-bond donors (Lipinski definition) is 2. The van der Waals surface area contributed by atoms with Crippen molar-refractivity contribution in [3.63, 3.8) is 0 Å². The summed E-state index contributed by atoms with van der Waals surface area (Å²) in [6, 6.07) is 3.99. The molecular formula is C20H23ClN2O5. The molecule has 7 nitrogen and oxygen atoms in total. The van der Waals surface area contributed by atoms with Crippen LogP contribution in [0.1, 0.15) is 38.2 Å². The van der Waals surface area contributed by atoms with E-state index in [0.717, 1.165) is 24.8 Å². The minimum Gasteiger partial charge on any atom is -0.482 e. The molecule has 0 spiro atoms. The van der Waals surface area contributed by atoms with Gasteiger partial charge >= 0.3 is 11.7 Å². The molecular weight excluding hydrogens is 384 g/mol. The zero-order chi connectivity index (χ0) is 20.3. The maximum Gasteiger partial charge on any atom is 0.336 e. The van der Waals surface area contributed by atoms with Crippen molar-refractivity contribution in [2.24, 2.45) is 5.92 Å². The summed E-state index contributed by atoms with van der Waals surface area (Å²) in [7, 11) is 0. The second-order valence-electron chi connectivity index (χ2n) is 7.21. The molecule has 1 aliphatic rings. The number of rotatable bonds is 4. The number of urea groups is 1. The number of imide groups is 1. The van der Waals surface area contributed by atoms with Crippen LogP contribution in [0.2, 0.25) is 5.02 Å². The van der Waals surface area contributed by atoms with Crippen molar-refractivity contribution in [3.05, 3.63) is 39.2 Å². The van der Waals surface area contributed by atoms with Gasteiger partial charge in [-0.25, -0.2) is 9.59 Å². The highest BCUT2D eigenvalue weighted by Gasteiger charge is 2.23. The fourth-order valence-corrected chi connectivity index (χ4v) is 3.69. The van der Waals surface area contributed by atoms with E-state index in [1.807, 2.05) is 0 Å². The fourth-order valence-electron chi connectivity index (χ4n) is 3.47. The minimum absolute atomic E-state index is 0.0727. The van der Waals surface area contributed by atoms with E-state index in [1.54, 1.807) is 13.0 Å². The van der Waals surface area contributed by atoms with Crippen molar-refractivity contribution in [3.8, 4) is 5.75 Å². The largest absolute Gasteiger partial charge is 0.482 e. The molecule has 2 atom stereocenters. The van der Waals surface area contributed by atoms with Gasteiger partial charge in [0.15, 0.2) is 6.61 Å². The number of carbonyl (C=O) groups is 2. The zero-order valence-electron chi connectivity index (χ0n) is 15.8. The zero-order valence-corrected chi connectivity index (χ0v) is 16.6. The summed E-state index contributed by atoms with van der Waals surface area (Å²) >= 11 is 6.19.